The Hall–Kier alpha value is -4.06. The summed E-state index contributed by atoms with van der Waals surface area (Å²) in [5.74, 6) is -1.00. The molecule has 0 fully saturated rings. The Labute approximate surface area is 179 Å². The van der Waals surface area contributed by atoms with Gasteiger partial charge in [0, 0.05) is 7.11 Å². The van der Waals surface area contributed by atoms with Crippen LogP contribution in [0, 0.1) is 5.82 Å². The van der Waals surface area contributed by atoms with Gasteiger partial charge in [0.2, 0.25) is 5.89 Å². The van der Waals surface area contributed by atoms with Crippen LogP contribution in [0.25, 0.3) is 16.9 Å². The molecule has 4 aromatic rings. The van der Waals surface area contributed by atoms with Gasteiger partial charge in [0.25, 0.3) is 5.56 Å². The number of halogens is 1. The molecular weight excluding hydrogens is 425 g/mol. The van der Waals surface area contributed by atoms with E-state index >= 15 is 0 Å². The van der Waals surface area contributed by atoms with Crippen LogP contribution in [0.3, 0.4) is 0 Å². The Morgan fingerprint density at radius 2 is 1.94 bits per heavy atom. The van der Waals surface area contributed by atoms with Gasteiger partial charge in [-0.05, 0) is 24.3 Å². The summed E-state index contributed by atoms with van der Waals surface area (Å²) in [6, 6.07) is 5.24. The van der Waals surface area contributed by atoms with E-state index in [-0.39, 0.29) is 42.4 Å². The zero-order valence-corrected chi connectivity index (χ0v) is 17.1. The zero-order valence-electron chi connectivity index (χ0n) is 17.1. The van der Waals surface area contributed by atoms with Crippen molar-refractivity contribution in [3.63, 3.8) is 0 Å². The first kappa shape index (κ1) is 21.2. The molecule has 3 heterocycles. The third-order valence-electron chi connectivity index (χ3n) is 4.76. The summed E-state index contributed by atoms with van der Waals surface area (Å²) >= 11 is 0. The molecule has 0 spiro atoms. The summed E-state index contributed by atoms with van der Waals surface area (Å²) in [7, 11) is 2.67. The lowest BCUT2D eigenvalue weighted by atomic mass is 10.3. The predicted octanol–water partition coefficient (Wildman–Crippen LogP) is 0.957. The Balaban J connectivity index is 1.89. The Morgan fingerprint density at radius 3 is 2.62 bits per heavy atom. The number of ether oxygens (including phenoxy) is 2. The Bertz CT molecular complexity index is 1400. The molecule has 3 aromatic heterocycles. The van der Waals surface area contributed by atoms with E-state index in [4.69, 9.17) is 9.15 Å². The molecule has 0 aliphatic rings. The van der Waals surface area contributed by atoms with Crippen LogP contribution in [-0.2, 0) is 22.6 Å². The normalized spacial score (nSPS) is 11.2. The van der Waals surface area contributed by atoms with Crippen molar-refractivity contribution in [2.75, 3.05) is 20.8 Å². The van der Waals surface area contributed by atoms with Crippen LogP contribution in [0.1, 0.15) is 16.4 Å². The van der Waals surface area contributed by atoms with E-state index in [1.54, 1.807) is 0 Å². The molecule has 0 aliphatic heterocycles. The van der Waals surface area contributed by atoms with E-state index in [0.717, 1.165) is 10.8 Å². The molecule has 166 valence electrons. The molecule has 0 atom stereocenters. The quantitative estimate of drug-likeness (QED) is 0.387. The zero-order chi connectivity index (χ0) is 22.8. The third kappa shape index (κ3) is 3.71. The maximum atomic E-state index is 13.4. The third-order valence-corrected chi connectivity index (χ3v) is 4.76. The number of hydrogen-bond donors (Lipinski definition) is 0. The van der Waals surface area contributed by atoms with E-state index < -0.39 is 23.0 Å². The average Bonchev–Trinajstić information content (AvgIpc) is 3.42. The fourth-order valence-electron chi connectivity index (χ4n) is 3.23. The van der Waals surface area contributed by atoms with E-state index in [1.807, 2.05) is 0 Å². The minimum Gasteiger partial charge on any atom is -0.464 e. The first-order chi connectivity index (χ1) is 15.4. The van der Waals surface area contributed by atoms with E-state index in [1.165, 1.54) is 53.9 Å². The molecule has 32 heavy (non-hydrogen) atoms. The summed E-state index contributed by atoms with van der Waals surface area (Å²) in [4.78, 5) is 46.2. The van der Waals surface area contributed by atoms with Crippen molar-refractivity contribution in [1.82, 2.24) is 23.7 Å². The molecule has 0 unspecified atom stereocenters. The van der Waals surface area contributed by atoms with Gasteiger partial charge in [-0.1, -0.05) is 0 Å². The number of esters is 1. The highest BCUT2D eigenvalue weighted by Gasteiger charge is 2.21. The van der Waals surface area contributed by atoms with E-state index in [2.05, 4.69) is 14.7 Å². The number of carbonyl (C=O) groups is 1. The van der Waals surface area contributed by atoms with Crippen molar-refractivity contribution in [3.05, 3.63) is 75.1 Å². The highest BCUT2D eigenvalue weighted by molar-refractivity contribution is 5.86. The monoisotopic (exact) mass is 443 g/mol. The SMILES string of the molecule is COCCn1c(=O)c2c(ncn2Cc2nc(C(=O)OC)co2)n(-c2ccc(F)cc2)c1=O. The maximum absolute atomic E-state index is 13.4. The number of carbonyl (C=O) groups excluding carboxylic acids is 1. The fraction of sp³-hybridized carbons (Fsp3) is 0.250. The summed E-state index contributed by atoms with van der Waals surface area (Å²) in [6.07, 6.45) is 2.50. The van der Waals surface area contributed by atoms with Crippen LogP contribution >= 0.6 is 0 Å². The van der Waals surface area contributed by atoms with Gasteiger partial charge in [-0.25, -0.2) is 28.5 Å². The van der Waals surface area contributed by atoms with Crippen LogP contribution in [0.2, 0.25) is 0 Å². The minimum absolute atomic E-state index is 0.00196. The van der Waals surface area contributed by atoms with Gasteiger partial charge in [-0.2, -0.15) is 0 Å². The minimum atomic E-state index is -0.664. The molecule has 0 radical (unpaired) electrons. The van der Waals surface area contributed by atoms with Crippen molar-refractivity contribution in [1.29, 1.82) is 0 Å². The fourth-order valence-corrected chi connectivity index (χ4v) is 3.23. The largest absolute Gasteiger partial charge is 0.464 e. The Kier molecular flexibility index (Phi) is 5.69. The van der Waals surface area contributed by atoms with Gasteiger partial charge in [-0.3, -0.25) is 9.36 Å². The van der Waals surface area contributed by atoms with Crippen molar-refractivity contribution in [3.8, 4) is 5.69 Å². The molecule has 11 nitrogen and oxygen atoms in total. The van der Waals surface area contributed by atoms with Crippen molar-refractivity contribution in [2.24, 2.45) is 0 Å². The molecule has 0 bridgehead atoms. The van der Waals surface area contributed by atoms with Crippen molar-refractivity contribution < 1.29 is 23.1 Å². The molecule has 0 amide bonds. The van der Waals surface area contributed by atoms with Crippen LogP contribution in [-0.4, -0.2) is 50.5 Å². The van der Waals surface area contributed by atoms with Crippen LogP contribution < -0.4 is 11.2 Å². The molecule has 4 rings (SSSR count). The summed E-state index contributed by atoms with van der Waals surface area (Å²) in [6.45, 7) is 0.0943. The number of methoxy groups -OCH3 is 2. The molecule has 0 saturated heterocycles. The number of fused-ring (bicyclic) bond motifs is 1. The number of imidazole rings is 1. The molecule has 1 aromatic carbocycles. The van der Waals surface area contributed by atoms with Crippen LogP contribution in [0.15, 0.2) is 50.9 Å². The van der Waals surface area contributed by atoms with Gasteiger partial charge >= 0.3 is 11.7 Å². The maximum Gasteiger partial charge on any atom is 0.360 e. The number of aromatic nitrogens is 5. The molecule has 0 N–H and O–H groups in total. The van der Waals surface area contributed by atoms with Crippen molar-refractivity contribution >= 4 is 17.1 Å². The van der Waals surface area contributed by atoms with Crippen LogP contribution in [0.4, 0.5) is 4.39 Å². The number of oxazole rings is 1. The lowest BCUT2D eigenvalue weighted by molar-refractivity contribution is 0.0594. The van der Waals surface area contributed by atoms with Crippen LogP contribution in [0.5, 0.6) is 0 Å². The predicted molar refractivity (Wildman–Crippen MR) is 108 cm³/mol. The first-order valence-electron chi connectivity index (χ1n) is 9.43. The lowest BCUT2D eigenvalue weighted by Crippen LogP contribution is -2.41. The van der Waals surface area contributed by atoms with Gasteiger partial charge in [0.1, 0.15) is 18.6 Å². The number of rotatable bonds is 7. The molecule has 0 saturated carbocycles. The summed E-state index contributed by atoms with van der Waals surface area (Å²) < 4.78 is 32.0. The Morgan fingerprint density at radius 1 is 1.19 bits per heavy atom. The smallest absolute Gasteiger partial charge is 0.360 e. The summed E-state index contributed by atoms with van der Waals surface area (Å²) in [5, 5.41) is 0. The first-order valence-corrected chi connectivity index (χ1v) is 9.43. The second-order valence-electron chi connectivity index (χ2n) is 6.71. The number of nitrogens with zero attached hydrogens (tertiary/aromatic N) is 5. The average molecular weight is 443 g/mol. The molecule has 12 heteroatoms. The van der Waals surface area contributed by atoms with Gasteiger partial charge in [0.15, 0.2) is 16.9 Å². The molecule has 0 aliphatic carbocycles. The van der Waals surface area contributed by atoms with Crippen molar-refractivity contribution in [2.45, 2.75) is 13.1 Å². The van der Waals surface area contributed by atoms with Gasteiger partial charge in [-0.15, -0.1) is 0 Å². The standard InChI is InChI=1S/C20H18FN5O6/c1-30-8-7-25-18(27)16-17(26(20(25)29)13-5-3-12(21)4-6-13)22-11-24(16)9-15-23-14(10-32-15)19(28)31-2/h3-6,10-11H,7-9H2,1-2H3. The second-order valence-corrected chi connectivity index (χ2v) is 6.71. The van der Waals surface area contributed by atoms with E-state index in [0.29, 0.717) is 5.69 Å². The van der Waals surface area contributed by atoms with Gasteiger partial charge in [0.05, 0.1) is 32.3 Å². The highest BCUT2D eigenvalue weighted by Crippen LogP contribution is 2.15. The topological polar surface area (TPSA) is 123 Å². The van der Waals surface area contributed by atoms with Gasteiger partial charge < -0.3 is 18.5 Å². The second kappa shape index (κ2) is 8.59. The lowest BCUT2D eigenvalue weighted by Gasteiger charge is -2.12. The van der Waals surface area contributed by atoms with E-state index in [9.17, 15) is 18.8 Å². The number of hydrogen-bond acceptors (Lipinski definition) is 8. The number of benzene rings is 1. The molecular formula is C20H18FN5O6. The summed E-state index contributed by atoms with van der Waals surface area (Å²) in [5.41, 5.74) is -0.726. The highest BCUT2D eigenvalue weighted by atomic mass is 19.1.